The largest absolute Gasteiger partial charge is 0.497 e. The Labute approximate surface area is 126 Å². The molecule has 1 saturated carbocycles. The van der Waals surface area contributed by atoms with Gasteiger partial charge in [-0.3, -0.25) is 4.79 Å². The molecular weight excluding hydrogens is 268 g/mol. The topological polar surface area (TPSA) is 59.6 Å². The molecular formula is C16H24N2O3. The first kappa shape index (κ1) is 15.6. The lowest BCUT2D eigenvalue weighted by Crippen LogP contribution is -2.33. The number of nitrogens with one attached hydrogen (secondary N) is 2. The third-order valence-corrected chi connectivity index (χ3v) is 3.73. The van der Waals surface area contributed by atoms with Crippen LogP contribution >= 0.6 is 0 Å². The molecule has 0 radical (unpaired) electrons. The number of rotatable bonds is 8. The fourth-order valence-corrected chi connectivity index (χ4v) is 2.25. The molecule has 2 N–H and O–H groups in total. The van der Waals surface area contributed by atoms with Crippen molar-refractivity contribution in [3.05, 3.63) is 23.8 Å². The van der Waals surface area contributed by atoms with Crippen LogP contribution in [-0.2, 0) is 4.79 Å². The van der Waals surface area contributed by atoms with Crippen molar-refractivity contribution in [3.8, 4) is 11.5 Å². The maximum Gasteiger partial charge on any atom is 0.223 e. The van der Waals surface area contributed by atoms with Gasteiger partial charge in [-0.2, -0.15) is 0 Å². The lowest BCUT2D eigenvalue weighted by molar-refractivity contribution is -0.122. The summed E-state index contributed by atoms with van der Waals surface area (Å²) >= 11 is 0. The van der Waals surface area contributed by atoms with Crippen LogP contribution in [0.15, 0.2) is 18.2 Å². The normalized spacial score (nSPS) is 15.4. The van der Waals surface area contributed by atoms with Crippen LogP contribution in [-0.4, -0.2) is 33.2 Å². The van der Waals surface area contributed by atoms with Gasteiger partial charge in [-0.1, -0.05) is 6.07 Å². The van der Waals surface area contributed by atoms with Crippen molar-refractivity contribution in [1.82, 2.24) is 10.6 Å². The van der Waals surface area contributed by atoms with Gasteiger partial charge in [-0.25, -0.2) is 0 Å². The number of methoxy groups -OCH3 is 2. The van der Waals surface area contributed by atoms with Gasteiger partial charge in [0.15, 0.2) is 0 Å². The Morgan fingerprint density at radius 3 is 2.67 bits per heavy atom. The van der Waals surface area contributed by atoms with E-state index in [0.717, 1.165) is 36.4 Å². The summed E-state index contributed by atoms with van der Waals surface area (Å²) in [6.45, 7) is 3.46. The van der Waals surface area contributed by atoms with Crippen molar-refractivity contribution in [3.63, 3.8) is 0 Å². The zero-order valence-corrected chi connectivity index (χ0v) is 12.9. The third kappa shape index (κ3) is 4.36. The molecule has 1 aliphatic carbocycles. The third-order valence-electron chi connectivity index (χ3n) is 3.73. The van der Waals surface area contributed by atoms with E-state index in [1.807, 2.05) is 18.2 Å². The van der Waals surface area contributed by atoms with Crippen LogP contribution < -0.4 is 20.1 Å². The summed E-state index contributed by atoms with van der Waals surface area (Å²) in [6, 6.07) is 5.94. The van der Waals surface area contributed by atoms with Crippen LogP contribution in [0.5, 0.6) is 11.5 Å². The number of amides is 1. The highest BCUT2D eigenvalue weighted by atomic mass is 16.5. The quantitative estimate of drug-likeness (QED) is 0.718. The SMILES string of the molecule is COc1ccc(C(C)NCCNC(=O)C2CC2)c(OC)c1. The number of hydrogen-bond acceptors (Lipinski definition) is 4. The second kappa shape index (κ2) is 7.31. The minimum Gasteiger partial charge on any atom is -0.497 e. The lowest BCUT2D eigenvalue weighted by Gasteiger charge is -2.18. The number of hydrogen-bond donors (Lipinski definition) is 2. The first-order valence-corrected chi connectivity index (χ1v) is 7.38. The summed E-state index contributed by atoms with van der Waals surface area (Å²) in [5.74, 6) is 2.03. The van der Waals surface area contributed by atoms with Gasteiger partial charge < -0.3 is 20.1 Å². The van der Waals surface area contributed by atoms with Crippen LogP contribution in [0.4, 0.5) is 0 Å². The Hall–Kier alpha value is -1.75. The molecule has 1 aromatic rings. The highest BCUT2D eigenvalue weighted by Gasteiger charge is 2.28. The van der Waals surface area contributed by atoms with Crippen molar-refractivity contribution in [2.75, 3.05) is 27.3 Å². The molecule has 0 heterocycles. The van der Waals surface area contributed by atoms with Crippen LogP contribution in [0.1, 0.15) is 31.4 Å². The Kier molecular flexibility index (Phi) is 5.44. The zero-order valence-electron chi connectivity index (χ0n) is 12.9. The summed E-state index contributed by atoms with van der Waals surface area (Å²) in [5.41, 5.74) is 1.08. The summed E-state index contributed by atoms with van der Waals surface area (Å²) in [7, 11) is 3.29. The van der Waals surface area contributed by atoms with Gasteiger partial charge in [-0.05, 0) is 25.8 Å². The molecule has 116 valence electrons. The fourth-order valence-electron chi connectivity index (χ4n) is 2.25. The first-order chi connectivity index (χ1) is 10.2. The molecule has 5 heteroatoms. The van der Waals surface area contributed by atoms with Gasteiger partial charge in [0, 0.05) is 36.7 Å². The summed E-state index contributed by atoms with van der Waals surface area (Å²) in [4.78, 5) is 11.5. The van der Waals surface area contributed by atoms with Gasteiger partial charge in [0.05, 0.1) is 14.2 Å². The van der Waals surface area contributed by atoms with E-state index in [-0.39, 0.29) is 17.9 Å². The van der Waals surface area contributed by atoms with E-state index in [9.17, 15) is 4.79 Å². The first-order valence-electron chi connectivity index (χ1n) is 7.38. The predicted molar refractivity (Wildman–Crippen MR) is 81.7 cm³/mol. The fraction of sp³-hybridized carbons (Fsp3) is 0.562. The second-order valence-corrected chi connectivity index (χ2v) is 5.35. The molecule has 2 rings (SSSR count). The van der Waals surface area contributed by atoms with Crippen molar-refractivity contribution >= 4 is 5.91 Å². The minimum atomic E-state index is 0.142. The number of carbonyl (C=O) groups is 1. The van der Waals surface area contributed by atoms with E-state index < -0.39 is 0 Å². The van der Waals surface area contributed by atoms with Crippen LogP contribution in [0.3, 0.4) is 0 Å². The van der Waals surface area contributed by atoms with Crippen LogP contribution in [0, 0.1) is 5.92 Å². The molecule has 1 aliphatic rings. The molecule has 1 aromatic carbocycles. The van der Waals surface area contributed by atoms with Gasteiger partial charge in [0.25, 0.3) is 0 Å². The van der Waals surface area contributed by atoms with E-state index in [4.69, 9.17) is 9.47 Å². The summed E-state index contributed by atoms with van der Waals surface area (Å²) in [6.07, 6.45) is 2.08. The predicted octanol–water partition coefficient (Wildman–Crippen LogP) is 1.88. The van der Waals surface area contributed by atoms with Crippen LogP contribution in [0.25, 0.3) is 0 Å². The van der Waals surface area contributed by atoms with Crippen molar-refractivity contribution in [2.45, 2.75) is 25.8 Å². The van der Waals surface area contributed by atoms with Crippen LogP contribution in [0.2, 0.25) is 0 Å². The lowest BCUT2D eigenvalue weighted by atomic mass is 10.1. The molecule has 1 fully saturated rings. The second-order valence-electron chi connectivity index (χ2n) is 5.35. The Morgan fingerprint density at radius 2 is 2.05 bits per heavy atom. The van der Waals surface area contributed by atoms with Crippen molar-refractivity contribution < 1.29 is 14.3 Å². The highest BCUT2D eigenvalue weighted by Crippen LogP contribution is 2.29. The van der Waals surface area contributed by atoms with E-state index in [1.165, 1.54) is 0 Å². The number of ether oxygens (including phenoxy) is 2. The molecule has 0 bridgehead atoms. The van der Waals surface area contributed by atoms with Gasteiger partial charge in [0.2, 0.25) is 5.91 Å². The molecule has 5 nitrogen and oxygen atoms in total. The average molecular weight is 292 g/mol. The smallest absolute Gasteiger partial charge is 0.223 e. The maximum atomic E-state index is 11.5. The maximum absolute atomic E-state index is 11.5. The molecule has 0 spiro atoms. The van der Waals surface area contributed by atoms with E-state index in [2.05, 4.69) is 17.6 Å². The van der Waals surface area contributed by atoms with Crippen molar-refractivity contribution in [2.24, 2.45) is 5.92 Å². The number of carbonyl (C=O) groups excluding carboxylic acids is 1. The van der Waals surface area contributed by atoms with Gasteiger partial charge >= 0.3 is 0 Å². The molecule has 0 aliphatic heterocycles. The molecule has 21 heavy (non-hydrogen) atoms. The molecule has 0 aromatic heterocycles. The summed E-state index contributed by atoms with van der Waals surface area (Å²) < 4.78 is 10.6. The summed E-state index contributed by atoms with van der Waals surface area (Å²) in [5, 5.41) is 6.34. The van der Waals surface area contributed by atoms with Gasteiger partial charge in [-0.15, -0.1) is 0 Å². The monoisotopic (exact) mass is 292 g/mol. The van der Waals surface area contributed by atoms with Crippen molar-refractivity contribution in [1.29, 1.82) is 0 Å². The molecule has 1 atom stereocenters. The molecule has 0 saturated heterocycles. The molecule has 1 amide bonds. The number of benzene rings is 1. The zero-order chi connectivity index (χ0) is 15.2. The Morgan fingerprint density at radius 1 is 1.29 bits per heavy atom. The minimum absolute atomic E-state index is 0.142. The highest BCUT2D eigenvalue weighted by molar-refractivity contribution is 5.80. The molecule has 1 unspecified atom stereocenters. The van der Waals surface area contributed by atoms with E-state index >= 15 is 0 Å². The standard InChI is InChI=1S/C16H24N2O3/c1-11(17-8-9-18-16(19)12-4-5-12)14-7-6-13(20-2)10-15(14)21-3/h6-7,10-12,17H,4-5,8-9H2,1-3H3,(H,18,19). The van der Waals surface area contributed by atoms with E-state index in [0.29, 0.717) is 6.54 Å². The average Bonchev–Trinajstić information content (AvgIpc) is 3.35. The Balaban J connectivity index is 1.81. The Bertz CT molecular complexity index is 486. The van der Waals surface area contributed by atoms with E-state index in [1.54, 1.807) is 14.2 Å². The van der Waals surface area contributed by atoms with Gasteiger partial charge in [0.1, 0.15) is 11.5 Å².